The molecule has 0 bridgehead atoms. The molecule has 1 atom stereocenters. The van der Waals surface area contributed by atoms with Crippen LogP contribution in [0.4, 0.5) is 0 Å². The van der Waals surface area contributed by atoms with Crippen LogP contribution in [0.2, 0.25) is 0 Å². The number of rotatable bonds is 0. The molecular formula is CH2P2Si2. The van der Waals surface area contributed by atoms with Crippen molar-refractivity contribution < 1.29 is 0 Å². The largest absolute Gasteiger partial charge is 0.0940 e. The van der Waals surface area contributed by atoms with Gasteiger partial charge in [0.25, 0.3) is 0 Å². The van der Waals surface area contributed by atoms with Gasteiger partial charge < -0.3 is 0 Å². The van der Waals surface area contributed by atoms with Gasteiger partial charge in [-0.2, -0.15) is 0 Å². The van der Waals surface area contributed by atoms with Crippen molar-refractivity contribution in [1.82, 2.24) is 0 Å². The van der Waals surface area contributed by atoms with Gasteiger partial charge in [-0.05, 0) is 0 Å². The third-order valence-electron chi connectivity index (χ3n) is 0.129. The van der Waals surface area contributed by atoms with Crippen LogP contribution >= 0.6 is 16.8 Å². The summed E-state index contributed by atoms with van der Waals surface area (Å²) in [5.41, 5.74) is 0. The van der Waals surface area contributed by atoms with E-state index in [0.717, 1.165) is 12.4 Å². The molecule has 0 saturated heterocycles. The maximum absolute atomic E-state index is 3.21. The Labute approximate surface area is 42.5 Å². The molecule has 0 saturated carbocycles. The van der Waals surface area contributed by atoms with Crippen LogP contribution < -0.4 is 0 Å². The fraction of sp³-hybridized carbons (Fsp3) is 0. The van der Waals surface area contributed by atoms with Crippen LogP contribution in [-0.4, -0.2) is 25.0 Å². The fourth-order valence-electron chi connectivity index (χ4n) is 0. The number of hydrogen-bond donors (Lipinski definition) is 0. The molecule has 0 rings (SSSR count). The third-order valence-corrected chi connectivity index (χ3v) is 3.49. The summed E-state index contributed by atoms with van der Waals surface area (Å²) >= 11 is 0. The quantitative estimate of drug-likeness (QED) is 0.325. The van der Waals surface area contributed by atoms with Gasteiger partial charge in [-0.3, -0.25) is 0 Å². The zero-order valence-electron chi connectivity index (χ0n) is 2.52. The minimum absolute atomic E-state index is 1.05. The molecule has 0 amide bonds. The summed E-state index contributed by atoms with van der Waals surface area (Å²) in [6.07, 6.45) is 0. The SMILES string of the molecule is [Si]C([Si])=PP. The highest BCUT2D eigenvalue weighted by Crippen LogP contribution is 2.04. The first-order valence-electron chi connectivity index (χ1n) is 0.982. The first-order chi connectivity index (χ1) is 2.27. The smallest absolute Gasteiger partial charge is 0.0647 e. The second kappa shape index (κ2) is 3.23. The first-order valence-corrected chi connectivity index (χ1v) is 4.49. The molecule has 0 fully saturated rings. The van der Waals surface area contributed by atoms with Crippen LogP contribution in [0.1, 0.15) is 0 Å². The topological polar surface area (TPSA) is 0 Å². The minimum atomic E-state index is 1.05. The van der Waals surface area contributed by atoms with Crippen molar-refractivity contribution >= 4 is 41.8 Å². The van der Waals surface area contributed by atoms with E-state index in [1.807, 2.05) is 0 Å². The molecule has 0 heterocycles. The molecule has 0 aliphatic rings. The molecule has 0 aromatic heterocycles. The third kappa shape index (κ3) is 5.03. The lowest BCUT2D eigenvalue weighted by Crippen LogP contribution is -1.85. The predicted octanol–water partition coefficient (Wildman–Crippen LogP) is 0.147. The highest BCUT2D eigenvalue weighted by atomic mass is 32.0. The van der Waals surface area contributed by atoms with Gasteiger partial charge in [0.1, 0.15) is 0 Å². The molecule has 24 valence electrons. The van der Waals surface area contributed by atoms with Crippen LogP contribution in [0, 0.1) is 0 Å². The van der Waals surface area contributed by atoms with Crippen LogP contribution in [-0.2, 0) is 0 Å². The Kier molecular flexibility index (Phi) is 3.90. The fourth-order valence-corrected chi connectivity index (χ4v) is 0. The molecule has 1 unspecified atom stereocenters. The summed E-state index contributed by atoms with van der Waals surface area (Å²) in [7, 11) is 10.1. The Morgan fingerprint density at radius 2 is 1.80 bits per heavy atom. The van der Waals surface area contributed by atoms with E-state index in [4.69, 9.17) is 0 Å². The Morgan fingerprint density at radius 3 is 1.80 bits per heavy atom. The Morgan fingerprint density at radius 1 is 1.60 bits per heavy atom. The molecule has 0 nitrogen and oxygen atoms in total. The Bertz CT molecular complexity index is 45.6. The van der Waals surface area contributed by atoms with Gasteiger partial charge in [0.15, 0.2) is 0 Å². The molecule has 0 aliphatic heterocycles. The van der Waals surface area contributed by atoms with Gasteiger partial charge in [-0.25, -0.2) is 0 Å². The Hall–Kier alpha value is 1.03. The van der Waals surface area contributed by atoms with E-state index in [9.17, 15) is 0 Å². The number of hydrogen-bond acceptors (Lipinski definition) is 0. The van der Waals surface area contributed by atoms with Crippen LogP contribution in [0.15, 0.2) is 0 Å². The molecule has 0 aromatic rings. The zero-order valence-corrected chi connectivity index (χ0v) is 6.57. The highest BCUT2D eigenvalue weighted by molar-refractivity contribution is 8.04. The van der Waals surface area contributed by atoms with Gasteiger partial charge >= 0.3 is 0 Å². The monoisotopic (exact) mass is 132 g/mol. The van der Waals surface area contributed by atoms with Crippen LogP contribution in [0.5, 0.6) is 0 Å². The maximum atomic E-state index is 3.21. The van der Waals surface area contributed by atoms with Crippen molar-refractivity contribution in [2.45, 2.75) is 0 Å². The minimum Gasteiger partial charge on any atom is -0.0940 e. The summed E-state index contributed by atoms with van der Waals surface area (Å²) < 4.78 is 1.05. The van der Waals surface area contributed by atoms with Crippen molar-refractivity contribution in [2.75, 3.05) is 0 Å². The summed E-state index contributed by atoms with van der Waals surface area (Å²) in [5, 5.41) is 0. The zero-order chi connectivity index (χ0) is 4.28. The lowest BCUT2D eigenvalue weighted by molar-refractivity contribution is 3.80. The molecule has 0 aliphatic carbocycles. The molecule has 0 N–H and O–H groups in total. The summed E-state index contributed by atoms with van der Waals surface area (Å²) in [4.78, 5) is 0. The van der Waals surface area contributed by atoms with Crippen LogP contribution in [0.25, 0.3) is 0 Å². The molecule has 4 heteroatoms. The second-order valence-electron chi connectivity index (χ2n) is 0.478. The highest BCUT2D eigenvalue weighted by Gasteiger charge is 1.63. The van der Waals surface area contributed by atoms with Gasteiger partial charge in [0.05, 0.1) is 20.5 Å². The van der Waals surface area contributed by atoms with Crippen molar-refractivity contribution in [3.8, 4) is 0 Å². The first kappa shape index (κ1) is 6.03. The molecule has 0 aromatic carbocycles. The Balaban J connectivity index is 3.14. The van der Waals surface area contributed by atoms with E-state index in [1.54, 1.807) is 0 Å². The molecule has 0 spiro atoms. The van der Waals surface area contributed by atoms with E-state index in [2.05, 4.69) is 29.4 Å². The van der Waals surface area contributed by atoms with Gasteiger partial charge in [-0.15, -0.1) is 0 Å². The van der Waals surface area contributed by atoms with Gasteiger partial charge in [0, 0.05) is 0 Å². The summed E-state index contributed by atoms with van der Waals surface area (Å²) in [5.74, 6) is 0. The summed E-state index contributed by atoms with van der Waals surface area (Å²) in [6.45, 7) is 0. The van der Waals surface area contributed by atoms with E-state index in [0.29, 0.717) is 0 Å². The summed E-state index contributed by atoms with van der Waals surface area (Å²) in [6, 6.07) is 0. The van der Waals surface area contributed by atoms with Crippen molar-refractivity contribution in [2.24, 2.45) is 0 Å². The van der Waals surface area contributed by atoms with Gasteiger partial charge in [-0.1, -0.05) is 21.4 Å². The van der Waals surface area contributed by atoms with E-state index in [-0.39, 0.29) is 0 Å². The predicted molar refractivity (Wildman–Crippen MR) is 33.1 cm³/mol. The maximum Gasteiger partial charge on any atom is 0.0647 e. The molecular weight excluding hydrogens is 130 g/mol. The van der Waals surface area contributed by atoms with E-state index >= 15 is 0 Å². The molecule has 6 radical (unpaired) electrons. The van der Waals surface area contributed by atoms with Gasteiger partial charge in [0.2, 0.25) is 0 Å². The average molecular weight is 132 g/mol. The van der Waals surface area contributed by atoms with Crippen molar-refractivity contribution in [3.05, 3.63) is 0 Å². The normalized spacial score (nSPS) is 8.60. The lowest BCUT2D eigenvalue weighted by Gasteiger charge is -1.71. The van der Waals surface area contributed by atoms with Crippen molar-refractivity contribution in [3.63, 3.8) is 0 Å². The van der Waals surface area contributed by atoms with Crippen LogP contribution in [0.3, 0.4) is 0 Å². The van der Waals surface area contributed by atoms with E-state index in [1.165, 1.54) is 0 Å². The average Bonchev–Trinajstić information content (AvgIpc) is 1.38. The van der Waals surface area contributed by atoms with E-state index < -0.39 is 0 Å². The standard InChI is InChI=1S/CH2P2Si2/c2-3-1(4)5/h2H2. The van der Waals surface area contributed by atoms with Crippen molar-refractivity contribution in [1.29, 1.82) is 0 Å². The second-order valence-corrected chi connectivity index (χ2v) is 4.30. The molecule has 5 heavy (non-hydrogen) atoms. The lowest BCUT2D eigenvalue weighted by atomic mass is 11.9.